The van der Waals surface area contributed by atoms with Crippen molar-refractivity contribution < 1.29 is 9.59 Å². The molecule has 38 heavy (non-hydrogen) atoms. The predicted molar refractivity (Wildman–Crippen MR) is 150 cm³/mol. The molecule has 0 aliphatic carbocycles. The molecule has 0 saturated carbocycles. The number of aryl methyl sites for hydroxylation is 1. The molecular formula is C29H33N7O2. The third-order valence-corrected chi connectivity index (χ3v) is 6.98. The third-order valence-electron chi connectivity index (χ3n) is 6.98. The molecular weight excluding hydrogens is 478 g/mol. The zero-order valence-electron chi connectivity index (χ0n) is 21.9. The van der Waals surface area contributed by atoms with Crippen molar-refractivity contribution in [3.8, 4) is 0 Å². The van der Waals surface area contributed by atoms with E-state index in [1.54, 1.807) is 0 Å². The Balaban J connectivity index is 1.36. The smallest absolute Gasteiger partial charge is 0.254 e. The molecule has 4 aromatic rings. The lowest BCUT2D eigenvalue weighted by Crippen LogP contribution is -2.49. The zero-order valence-corrected chi connectivity index (χ0v) is 21.9. The lowest BCUT2D eigenvalue weighted by molar-refractivity contribution is -0.118. The van der Waals surface area contributed by atoms with E-state index in [0.29, 0.717) is 31.7 Å². The number of anilines is 3. The Morgan fingerprint density at radius 2 is 1.84 bits per heavy atom. The van der Waals surface area contributed by atoms with Gasteiger partial charge in [0.25, 0.3) is 5.91 Å². The van der Waals surface area contributed by atoms with E-state index in [0.717, 1.165) is 42.0 Å². The minimum absolute atomic E-state index is 0.0200. The van der Waals surface area contributed by atoms with Gasteiger partial charge in [-0.25, -0.2) is 9.97 Å². The van der Waals surface area contributed by atoms with Crippen LogP contribution < -0.4 is 15.1 Å². The van der Waals surface area contributed by atoms with Gasteiger partial charge < -0.3 is 25.0 Å². The molecule has 2 N–H and O–H groups in total. The van der Waals surface area contributed by atoms with Gasteiger partial charge in [-0.2, -0.15) is 0 Å². The number of aromatic amines is 1. The molecule has 0 spiro atoms. The van der Waals surface area contributed by atoms with Crippen LogP contribution in [0.4, 0.5) is 17.2 Å². The zero-order chi connectivity index (χ0) is 26.5. The van der Waals surface area contributed by atoms with E-state index < -0.39 is 0 Å². The maximum absolute atomic E-state index is 13.6. The number of carbonyl (C=O) groups is 2. The van der Waals surface area contributed by atoms with Crippen molar-refractivity contribution in [1.82, 2.24) is 25.2 Å². The Morgan fingerprint density at radius 3 is 2.63 bits per heavy atom. The van der Waals surface area contributed by atoms with Crippen LogP contribution in [0, 0.1) is 0 Å². The Labute approximate surface area is 222 Å². The fraction of sp³-hybridized carbons (Fsp3) is 0.310. The first kappa shape index (κ1) is 25.3. The molecule has 1 aliphatic heterocycles. The number of amides is 2. The molecule has 2 aromatic heterocycles. The number of para-hydroxylation sites is 1. The first-order chi connectivity index (χ1) is 18.5. The number of benzene rings is 2. The normalized spacial score (nSPS) is 13.5. The standard InChI is InChI=1S/C29H33N7O2/c1-3-22-7-4-5-10-26(22)34-15-17-35(18-16-34)29(38)23-8-6-9-24(19-23)36(14-13-30-21(2)37)28-25-11-12-31-27(25)32-20-33-28/h4-12,19-20H,3,13-18H2,1-2H3,(H,30,37)(H,31,32,33). The summed E-state index contributed by atoms with van der Waals surface area (Å²) in [4.78, 5) is 43.4. The minimum atomic E-state index is -0.0935. The van der Waals surface area contributed by atoms with Crippen LogP contribution in [0.3, 0.4) is 0 Å². The van der Waals surface area contributed by atoms with Gasteiger partial charge >= 0.3 is 0 Å². The molecule has 0 atom stereocenters. The summed E-state index contributed by atoms with van der Waals surface area (Å²) in [5, 5.41) is 3.73. The molecule has 1 fully saturated rings. The van der Waals surface area contributed by atoms with Gasteiger partial charge in [0.05, 0.1) is 5.39 Å². The number of rotatable bonds is 8. The lowest BCUT2D eigenvalue weighted by Gasteiger charge is -2.37. The average Bonchev–Trinajstić information content (AvgIpc) is 3.44. The molecule has 9 nitrogen and oxygen atoms in total. The Kier molecular flexibility index (Phi) is 7.53. The average molecular weight is 512 g/mol. The molecule has 2 aromatic carbocycles. The van der Waals surface area contributed by atoms with Crippen LogP contribution in [0.25, 0.3) is 11.0 Å². The van der Waals surface area contributed by atoms with Crippen LogP contribution in [0.15, 0.2) is 67.1 Å². The Bertz CT molecular complexity index is 1430. The summed E-state index contributed by atoms with van der Waals surface area (Å²) >= 11 is 0. The molecule has 3 heterocycles. The van der Waals surface area contributed by atoms with Gasteiger partial charge in [0.1, 0.15) is 17.8 Å². The topological polar surface area (TPSA) is 97.5 Å². The number of H-pyrrole nitrogens is 1. The van der Waals surface area contributed by atoms with Crippen molar-refractivity contribution in [2.24, 2.45) is 0 Å². The number of carbonyl (C=O) groups excluding carboxylic acids is 2. The summed E-state index contributed by atoms with van der Waals surface area (Å²) in [5.74, 6) is 0.644. The van der Waals surface area contributed by atoms with Crippen molar-refractivity contribution in [2.75, 3.05) is 49.1 Å². The van der Waals surface area contributed by atoms with E-state index in [2.05, 4.69) is 56.4 Å². The molecule has 1 saturated heterocycles. The predicted octanol–water partition coefficient (Wildman–Crippen LogP) is 3.76. The summed E-state index contributed by atoms with van der Waals surface area (Å²) in [7, 11) is 0. The fourth-order valence-electron chi connectivity index (χ4n) is 5.03. The van der Waals surface area contributed by atoms with E-state index in [1.807, 2.05) is 46.3 Å². The summed E-state index contributed by atoms with van der Waals surface area (Å²) < 4.78 is 0. The fourth-order valence-corrected chi connectivity index (χ4v) is 5.03. The van der Waals surface area contributed by atoms with Crippen LogP contribution in [0.2, 0.25) is 0 Å². The van der Waals surface area contributed by atoms with Crippen molar-refractivity contribution in [1.29, 1.82) is 0 Å². The Hall–Kier alpha value is -4.40. The second kappa shape index (κ2) is 11.3. The highest BCUT2D eigenvalue weighted by atomic mass is 16.2. The second-order valence-electron chi connectivity index (χ2n) is 9.38. The molecule has 0 unspecified atom stereocenters. The van der Waals surface area contributed by atoms with Crippen LogP contribution in [0.5, 0.6) is 0 Å². The molecule has 196 valence electrons. The van der Waals surface area contributed by atoms with E-state index in [4.69, 9.17) is 0 Å². The van der Waals surface area contributed by atoms with Gasteiger partial charge in [0, 0.05) is 69.3 Å². The van der Waals surface area contributed by atoms with Crippen molar-refractivity contribution in [3.05, 3.63) is 78.2 Å². The molecule has 2 amide bonds. The maximum Gasteiger partial charge on any atom is 0.254 e. The number of hydrogen-bond acceptors (Lipinski definition) is 6. The number of piperazine rings is 1. The Morgan fingerprint density at radius 1 is 1.03 bits per heavy atom. The molecule has 9 heteroatoms. The van der Waals surface area contributed by atoms with E-state index >= 15 is 0 Å². The summed E-state index contributed by atoms with van der Waals surface area (Å²) in [5.41, 5.74) is 4.79. The highest BCUT2D eigenvalue weighted by Gasteiger charge is 2.24. The van der Waals surface area contributed by atoms with E-state index in [9.17, 15) is 9.59 Å². The van der Waals surface area contributed by atoms with Gasteiger partial charge in [-0.3, -0.25) is 9.59 Å². The van der Waals surface area contributed by atoms with Crippen LogP contribution >= 0.6 is 0 Å². The number of aromatic nitrogens is 3. The van der Waals surface area contributed by atoms with Gasteiger partial charge in [-0.05, 0) is 42.3 Å². The monoisotopic (exact) mass is 511 g/mol. The van der Waals surface area contributed by atoms with Gasteiger partial charge in [0.2, 0.25) is 5.91 Å². The highest BCUT2D eigenvalue weighted by molar-refractivity contribution is 5.96. The van der Waals surface area contributed by atoms with Crippen LogP contribution in [-0.2, 0) is 11.2 Å². The van der Waals surface area contributed by atoms with Crippen molar-refractivity contribution in [3.63, 3.8) is 0 Å². The van der Waals surface area contributed by atoms with E-state index in [1.165, 1.54) is 24.5 Å². The van der Waals surface area contributed by atoms with Crippen molar-refractivity contribution >= 4 is 40.0 Å². The second-order valence-corrected chi connectivity index (χ2v) is 9.38. The van der Waals surface area contributed by atoms with Crippen molar-refractivity contribution in [2.45, 2.75) is 20.3 Å². The first-order valence-corrected chi connectivity index (χ1v) is 13.1. The van der Waals surface area contributed by atoms with E-state index in [-0.39, 0.29) is 11.8 Å². The number of nitrogens with zero attached hydrogens (tertiary/aromatic N) is 5. The summed E-state index contributed by atoms with van der Waals surface area (Å²) in [6, 6.07) is 18.1. The van der Waals surface area contributed by atoms with Gasteiger partial charge in [-0.1, -0.05) is 31.2 Å². The van der Waals surface area contributed by atoms with Gasteiger partial charge in [-0.15, -0.1) is 0 Å². The number of nitrogens with one attached hydrogen (secondary N) is 2. The quantitative estimate of drug-likeness (QED) is 0.374. The third kappa shape index (κ3) is 5.32. The van der Waals surface area contributed by atoms with Crippen LogP contribution in [0.1, 0.15) is 29.8 Å². The number of fused-ring (bicyclic) bond motifs is 1. The largest absolute Gasteiger partial charge is 0.368 e. The van der Waals surface area contributed by atoms with Crippen LogP contribution in [-0.4, -0.2) is 70.9 Å². The molecule has 5 rings (SSSR count). The lowest BCUT2D eigenvalue weighted by atomic mass is 10.1. The highest BCUT2D eigenvalue weighted by Crippen LogP contribution is 2.30. The summed E-state index contributed by atoms with van der Waals surface area (Å²) in [6.45, 7) is 7.55. The minimum Gasteiger partial charge on any atom is -0.368 e. The molecule has 0 bridgehead atoms. The summed E-state index contributed by atoms with van der Waals surface area (Å²) in [6.07, 6.45) is 4.33. The number of hydrogen-bond donors (Lipinski definition) is 2. The van der Waals surface area contributed by atoms with Gasteiger partial charge in [0.15, 0.2) is 0 Å². The SMILES string of the molecule is CCc1ccccc1N1CCN(C(=O)c2cccc(N(CCNC(C)=O)c3ncnc4[nH]ccc34)c2)CC1. The molecule has 1 aliphatic rings. The molecule has 0 radical (unpaired) electrons. The maximum atomic E-state index is 13.6. The first-order valence-electron chi connectivity index (χ1n) is 13.1.